The third kappa shape index (κ3) is 4.84. The molecule has 0 heterocycles. The molecule has 4 aliphatic rings. The molecule has 4 aliphatic carbocycles. The Balaban J connectivity index is 1.38. The number of ether oxygens (including phenoxy) is 2. The van der Waals surface area contributed by atoms with Gasteiger partial charge in [0.05, 0.1) is 12.2 Å². The highest BCUT2D eigenvalue weighted by molar-refractivity contribution is 7.87. The first-order valence-corrected chi connectivity index (χ1v) is 12.3. The summed E-state index contributed by atoms with van der Waals surface area (Å²) in [6.07, 6.45) is 3.55. The Morgan fingerprint density at radius 3 is 2.09 bits per heavy atom. The highest BCUT2D eigenvalue weighted by atomic mass is 32.2. The number of alkyl halides is 4. The van der Waals surface area contributed by atoms with E-state index in [-0.39, 0.29) is 25.2 Å². The van der Waals surface area contributed by atoms with Crippen LogP contribution in [0.5, 0.6) is 0 Å². The summed E-state index contributed by atoms with van der Waals surface area (Å²) in [6, 6.07) is 0. The van der Waals surface area contributed by atoms with Gasteiger partial charge in [0.15, 0.2) is 0 Å². The molecule has 0 aliphatic heterocycles. The highest BCUT2D eigenvalue weighted by Crippen LogP contribution is 2.59. The van der Waals surface area contributed by atoms with Crippen LogP contribution < -0.4 is 0 Å². The van der Waals surface area contributed by atoms with Crippen LogP contribution in [0.25, 0.3) is 0 Å². The molecule has 0 unspecified atom stereocenters. The van der Waals surface area contributed by atoms with Gasteiger partial charge in [-0.1, -0.05) is 6.58 Å². The fraction of sp³-hybridized carbons (Fsp3) is 0.857. The van der Waals surface area contributed by atoms with Crippen LogP contribution in [0.4, 0.5) is 17.6 Å². The predicted molar refractivity (Wildman–Crippen MR) is 107 cm³/mol. The topological polar surface area (TPSA) is 89.9 Å². The molecule has 0 aromatic heterocycles. The number of carbonyl (C=O) groups is 1. The van der Waals surface area contributed by atoms with Crippen LogP contribution in [0.1, 0.15) is 58.3 Å². The maximum absolute atomic E-state index is 13.4. The Labute approximate surface area is 185 Å². The van der Waals surface area contributed by atoms with Crippen LogP contribution in [0.3, 0.4) is 0 Å². The SMILES string of the molecule is C=C(COCCCCC(F)(F)C(F)(F)S(=O)(=O)O)C(=O)OC1(C)C2CC3CC(C2)CC1C3. The molecule has 4 saturated carbocycles. The highest BCUT2D eigenvalue weighted by Gasteiger charge is 2.64. The van der Waals surface area contributed by atoms with Crippen molar-refractivity contribution >= 4 is 16.1 Å². The zero-order valence-corrected chi connectivity index (χ0v) is 18.8. The van der Waals surface area contributed by atoms with Crippen LogP contribution in [-0.4, -0.2) is 48.9 Å². The predicted octanol–water partition coefficient (Wildman–Crippen LogP) is 4.60. The van der Waals surface area contributed by atoms with Gasteiger partial charge in [0.25, 0.3) is 0 Å². The van der Waals surface area contributed by atoms with Crippen molar-refractivity contribution in [1.82, 2.24) is 0 Å². The van der Waals surface area contributed by atoms with E-state index in [1.165, 1.54) is 6.42 Å². The summed E-state index contributed by atoms with van der Waals surface area (Å²) in [4.78, 5) is 12.5. The normalized spacial score (nSPS) is 32.2. The van der Waals surface area contributed by atoms with Crippen molar-refractivity contribution in [1.29, 1.82) is 0 Å². The van der Waals surface area contributed by atoms with Gasteiger partial charge in [-0.15, -0.1) is 0 Å². The lowest BCUT2D eigenvalue weighted by molar-refractivity contribution is -0.200. The molecule has 6 nitrogen and oxygen atoms in total. The van der Waals surface area contributed by atoms with Gasteiger partial charge in [-0.3, -0.25) is 4.55 Å². The number of hydrogen-bond donors (Lipinski definition) is 1. The first-order chi connectivity index (χ1) is 14.7. The van der Waals surface area contributed by atoms with Crippen LogP contribution >= 0.6 is 0 Å². The number of rotatable bonds is 11. The van der Waals surface area contributed by atoms with E-state index < -0.39 is 45.7 Å². The third-order valence-corrected chi connectivity index (χ3v) is 8.36. The Hall–Kier alpha value is -1.20. The zero-order chi connectivity index (χ0) is 23.9. The maximum atomic E-state index is 13.4. The Kier molecular flexibility index (Phi) is 7.04. The lowest BCUT2D eigenvalue weighted by atomic mass is 9.50. The van der Waals surface area contributed by atoms with E-state index in [9.17, 15) is 30.8 Å². The van der Waals surface area contributed by atoms with Crippen molar-refractivity contribution in [3.8, 4) is 0 Å². The first kappa shape index (κ1) is 25.4. The summed E-state index contributed by atoms with van der Waals surface area (Å²) in [5.74, 6) is -3.33. The molecular weight excluding hydrogens is 456 g/mol. The fourth-order valence-electron chi connectivity index (χ4n) is 5.70. The summed E-state index contributed by atoms with van der Waals surface area (Å²) in [5, 5.41) is -5.56. The van der Waals surface area contributed by atoms with E-state index in [0.717, 1.165) is 37.5 Å². The molecular formula is C21H30F4O6S. The van der Waals surface area contributed by atoms with Crippen molar-refractivity contribution in [2.24, 2.45) is 23.7 Å². The molecule has 0 saturated heterocycles. The number of unbranched alkanes of at least 4 members (excludes halogenated alkanes) is 1. The van der Waals surface area contributed by atoms with E-state index in [0.29, 0.717) is 11.8 Å². The Morgan fingerprint density at radius 2 is 1.59 bits per heavy atom. The minimum absolute atomic E-state index is 0.0793. The van der Waals surface area contributed by atoms with Gasteiger partial charge in [-0.25, -0.2) is 4.79 Å². The van der Waals surface area contributed by atoms with Gasteiger partial charge in [-0.05, 0) is 75.5 Å². The summed E-state index contributed by atoms with van der Waals surface area (Å²) in [5.41, 5.74) is -0.430. The van der Waals surface area contributed by atoms with E-state index in [1.54, 1.807) is 0 Å². The van der Waals surface area contributed by atoms with Gasteiger partial charge >= 0.3 is 27.3 Å². The van der Waals surface area contributed by atoms with Crippen LogP contribution in [0.2, 0.25) is 0 Å². The minimum atomic E-state index is -6.23. The van der Waals surface area contributed by atoms with Crippen molar-refractivity contribution in [2.75, 3.05) is 13.2 Å². The first-order valence-electron chi connectivity index (χ1n) is 10.9. The molecule has 0 amide bonds. The number of halogens is 4. The number of carbonyl (C=O) groups excluding carboxylic acids is 1. The average molecular weight is 487 g/mol. The largest absolute Gasteiger partial charge is 0.455 e. The lowest BCUT2D eigenvalue weighted by Crippen LogP contribution is -2.58. The van der Waals surface area contributed by atoms with Crippen LogP contribution in [-0.2, 0) is 24.4 Å². The second-order valence-electron chi connectivity index (χ2n) is 9.69. The molecule has 0 atom stereocenters. The molecule has 4 fully saturated rings. The zero-order valence-electron chi connectivity index (χ0n) is 18.0. The van der Waals surface area contributed by atoms with Gasteiger partial charge in [0.2, 0.25) is 0 Å². The van der Waals surface area contributed by atoms with Gasteiger partial charge in [-0.2, -0.15) is 26.0 Å². The second kappa shape index (κ2) is 8.87. The van der Waals surface area contributed by atoms with Crippen molar-refractivity contribution in [3.05, 3.63) is 12.2 Å². The smallest absolute Gasteiger partial charge is 0.431 e. The van der Waals surface area contributed by atoms with Crippen LogP contribution in [0, 0.1) is 23.7 Å². The summed E-state index contributed by atoms with van der Waals surface area (Å²) in [7, 11) is -6.23. The summed E-state index contributed by atoms with van der Waals surface area (Å²) >= 11 is 0. The monoisotopic (exact) mass is 486 g/mol. The molecule has 0 spiro atoms. The van der Waals surface area contributed by atoms with E-state index in [1.807, 2.05) is 6.92 Å². The molecule has 1 N–H and O–H groups in total. The standard InChI is InChI=1S/C21H30F4O6S/c1-13(12-30-6-4-3-5-20(22,23)21(24,25)32(27,28)29)18(26)31-19(2)16-8-14-7-15(10-16)11-17(19)9-14/h14-17H,1,3-12H2,2H3,(H,27,28,29). The van der Waals surface area contributed by atoms with Gasteiger partial charge in [0.1, 0.15) is 5.60 Å². The molecule has 4 bridgehead atoms. The lowest BCUT2D eigenvalue weighted by Gasteiger charge is -2.59. The fourth-order valence-corrected chi connectivity index (χ4v) is 6.18. The minimum Gasteiger partial charge on any atom is -0.455 e. The van der Waals surface area contributed by atoms with E-state index >= 15 is 0 Å². The van der Waals surface area contributed by atoms with Gasteiger partial charge in [0, 0.05) is 13.0 Å². The second-order valence-corrected chi connectivity index (χ2v) is 11.2. The van der Waals surface area contributed by atoms with Gasteiger partial charge < -0.3 is 9.47 Å². The Bertz CT molecular complexity index is 813. The third-order valence-electron chi connectivity index (χ3n) is 7.42. The molecule has 11 heteroatoms. The summed E-state index contributed by atoms with van der Waals surface area (Å²) < 4.78 is 93.4. The molecule has 0 radical (unpaired) electrons. The van der Waals surface area contributed by atoms with Crippen molar-refractivity contribution < 1.29 is 44.8 Å². The molecule has 32 heavy (non-hydrogen) atoms. The number of hydrogen-bond acceptors (Lipinski definition) is 5. The van der Waals surface area contributed by atoms with Crippen molar-refractivity contribution in [2.45, 2.75) is 75.1 Å². The van der Waals surface area contributed by atoms with Crippen molar-refractivity contribution in [3.63, 3.8) is 0 Å². The average Bonchev–Trinajstić information content (AvgIpc) is 2.67. The molecule has 0 aromatic rings. The maximum Gasteiger partial charge on any atom is 0.431 e. The van der Waals surface area contributed by atoms with E-state index in [2.05, 4.69) is 6.58 Å². The molecule has 0 aromatic carbocycles. The van der Waals surface area contributed by atoms with Crippen LogP contribution in [0.15, 0.2) is 12.2 Å². The summed E-state index contributed by atoms with van der Waals surface area (Å²) in [6.45, 7) is 5.36. The Morgan fingerprint density at radius 1 is 1.06 bits per heavy atom. The number of esters is 1. The molecule has 184 valence electrons. The quantitative estimate of drug-likeness (QED) is 0.151. The molecule has 4 rings (SSSR count). The van der Waals surface area contributed by atoms with E-state index in [4.69, 9.17) is 14.0 Å².